The smallest absolute Gasteiger partial charge is 0.264 e. The molecule has 1 saturated heterocycles. The highest BCUT2D eigenvalue weighted by Crippen LogP contribution is 2.39. The van der Waals surface area contributed by atoms with E-state index in [1.165, 1.54) is 11.1 Å². The molecule has 5 heterocycles. The molecule has 0 aliphatic carbocycles. The molecule has 3 aliphatic heterocycles. The highest BCUT2D eigenvalue weighted by Gasteiger charge is 2.35. The van der Waals surface area contributed by atoms with Crippen molar-refractivity contribution in [3.05, 3.63) is 136 Å². The number of ether oxygens (including phenoxy) is 1. The van der Waals surface area contributed by atoms with Crippen LogP contribution in [0.2, 0.25) is 5.02 Å². The summed E-state index contributed by atoms with van der Waals surface area (Å²) in [5.41, 5.74) is 8.55. The average molecular weight is 805 g/mol. The zero-order valence-electron chi connectivity index (χ0n) is 32.1. The molecule has 2 aromatic heterocycles. The first-order valence-electron chi connectivity index (χ1n) is 19.7. The summed E-state index contributed by atoms with van der Waals surface area (Å²) in [5, 5.41) is 11.7. The fraction of sp³-hybridized carbons (Fsp3) is 0.304. The Hall–Kier alpha value is -5.06. The number of anilines is 2. The van der Waals surface area contributed by atoms with Crippen LogP contribution >= 0.6 is 24.0 Å². The van der Waals surface area contributed by atoms with Crippen LogP contribution in [0.25, 0.3) is 22.2 Å². The predicted molar refractivity (Wildman–Crippen MR) is 228 cm³/mol. The predicted octanol–water partition coefficient (Wildman–Crippen LogP) is 9.03. The first-order valence-corrected chi connectivity index (χ1v) is 20.1. The minimum atomic E-state index is -0.174. The van der Waals surface area contributed by atoms with Gasteiger partial charge in [-0.05, 0) is 116 Å². The Balaban J connectivity index is 0.00000455. The van der Waals surface area contributed by atoms with Crippen LogP contribution in [0.1, 0.15) is 56.8 Å². The van der Waals surface area contributed by atoms with Crippen molar-refractivity contribution in [3.63, 3.8) is 0 Å². The van der Waals surface area contributed by atoms with Crippen LogP contribution in [0.4, 0.5) is 11.4 Å². The summed E-state index contributed by atoms with van der Waals surface area (Å²) in [6.07, 6.45) is 6.42. The van der Waals surface area contributed by atoms with Crippen LogP contribution in [-0.2, 0) is 37.7 Å². The molecule has 4 aromatic carbocycles. The van der Waals surface area contributed by atoms with E-state index in [4.69, 9.17) is 16.3 Å². The van der Waals surface area contributed by atoms with Crippen LogP contribution < -0.4 is 4.90 Å². The molecule has 6 aromatic rings. The molecule has 0 radical (unpaired) electrons. The number of fused-ring (bicyclic) bond motifs is 3. The number of benzene rings is 4. The van der Waals surface area contributed by atoms with Crippen LogP contribution in [0.15, 0.2) is 103 Å². The number of carbonyl (C=O) groups excluding carboxylic acids is 2. The van der Waals surface area contributed by atoms with Crippen molar-refractivity contribution in [2.75, 3.05) is 37.7 Å². The minimum Gasteiger partial charge on any atom is -0.508 e. The second-order valence-electron chi connectivity index (χ2n) is 15.3. The number of carbonyl (C=O) groups is 2. The maximum atomic E-state index is 15.1. The Morgan fingerprint density at radius 1 is 0.842 bits per heavy atom. The molecule has 294 valence electrons. The number of hydrogen-bond acceptors (Lipinski definition) is 5. The molecule has 2 amide bonds. The molecule has 0 saturated carbocycles. The molecule has 3 aliphatic rings. The number of hydrogen-bond donors (Lipinski definition) is 1. The number of aromatic nitrogens is 2. The summed E-state index contributed by atoms with van der Waals surface area (Å²) in [6.45, 7) is 5.28. The highest BCUT2D eigenvalue weighted by atomic mass is 35.5. The number of nitrogens with zero attached hydrogens (tertiary/aromatic N) is 5. The largest absolute Gasteiger partial charge is 0.508 e. The van der Waals surface area contributed by atoms with Gasteiger partial charge in [0.2, 0.25) is 0 Å². The van der Waals surface area contributed by atoms with Gasteiger partial charge in [-0.2, -0.15) is 0 Å². The summed E-state index contributed by atoms with van der Waals surface area (Å²) >= 11 is 6.77. The van der Waals surface area contributed by atoms with Crippen molar-refractivity contribution in [2.24, 2.45) is 7.05 Å². The van der Waals surface area contributed by atoms with Crippen LogP contribution in [0.3, 0.4) is 0 Å². The van der Waals surface area contributed by atoms with Gasteiger partial charge < -0.3 is 23.9 Å². The van der Waals surface area contributed by atoms with Gasteiger partial charge >= 0.3 is 0 Å². The van der Waals surface area contributed by atoms with E-state index in [1.807, 2.05) is 61.8 Å². The lowest BCUT2D eigenvalue weighted by Gasteiger charge is -2.40. The first-order chi connectivity index (χ1) is 27.3. The zero-order chi connectivity index (χ0) is 38.3. The summed E-state index contributed by atoms with van der Waals surface area (Å²) in [7, 11) is 2.00. The quantitative estimate of drug-likeness (QED) is 0.174. The fourth-order valence-electron chi connectivity index (χ4n) is 8.93. The van der Waals surface area contributed by atoms with E-state index in [1.54, 1.807) is 35.2 Å². The fourth-order valence-corrected chi connectivity index (χ4v) is 9.11. The van der Waals surface area contributed by atoms with Gasteiger partial charge in [-0.1, -0.05) is 35.9 Å². The summed E-state index contributed by atoms with van der Waals surface area (Å²) in [5.74, 6) is -0.0866. The molecule has 9 rings (SSSR count). The lowest BCUT2D eigenvalue weighted by Crippen LogP contribution is -2.50. The third-order valence-electron chi connectivity index (χ3n) is 11.8. The first kappa shape index (κ1) is 38.8. The highest BCUT2D eigenvalue weighted by molar-refractivity contribution is 6.31. The molecule has 1 atom stereocenters. The standard InChI is InChI=1S/C46H46ClN5O4.ClH/c1-48-21-18-32-26-36(13-17-42(32)48)52(35-11-14-38(53)15-12-35)46(55)41-28-44(50-20-5-4-9-43(41)50)40-27-34(47)10-16-39(40)45(54)51-29-33-8-3-2-7-31(33)25-37(51)30-49-19-6-23-56-24-22-49;/h2-3,7-8,10-18,21,26-28,37,53H,4-6,9,19-20,22-25,29-30H2,1H3;1H/t37-;/m0./s1. The third kappa shape index (κ3) is 7.57. The molecular weight excluding hydrogens is 757 g/mol. The van der Waals surface area contributed by atoms with Gasteiger partial charge in [-0.3, -0.25) is 19.4 Å². The molecule has 0 unspecified atom stereocenters. The number of phenolic OH excluding ortho intramolecular Hbond substituents is 1. The van der Waals surface area contributed by atoms with Gasteiger partial charge in [-0.25, -0.2) is 0 Å². The Morgan fingerprint density at radius 3 is 2.49 bits per heavy atom. The molecule has 1 fully saturated rings. The summed E-state index contributed by atoms with van der Waals surface area (Å²) in [6, 6.07) is 30.8. The SMILES string of the molecule is Cl.Cn1ccc2cc(N(C(=O)c3cc(-c4cc(Cl)ccc4C(=O)N4Cc5ccccc5C[C@H]4CN4CCCOCC4)n4c3CCCC4)c3ccc(O)cc3)ccc21. The maximum Gasteiger partial charge on any atom is 0.264 e. The topological polar surface area (TPSA) is 83.2 Å². The lowest BCUT2D eigenvalue weighted by atomic mass is 9.92. The minimum absolute atomic E-state index is 0. The summed E-state index contributed by atoms with van der Waals surface area (Å²) in [4.78, 5) is 36.4. The van der Waals surface area contributed by atoms with Gasteiger partial charge in [0.15, 0.2) is 0 Å². The van der Waals surface area contributed by atoms with Crippen molar-refractivity contribution < 1.29 is 19.4 Å². The number of aromatic hydroxyl groups is 1. The Morgan fingerprint density at radius 2 is 1.65 bits per heavy atom. The second-order valence-corrected chi connectivity index (χ2v) is 15.8. The maximum absolute atomic E-state index is 15.1. The Bertz CT molecular complexity index is 2430. The monoisotopic (exact) mass is 803 g/mol. The third-order valence-corrected chi connectivity index (χ3v) is 12.0. The normalized spacial score (nSPS) is 17.0. The molecule has 11 heteroatoms. The van der Waals surface area contributed by atoms with Gasteiger partial charge in [-0.15, -0.1) is 12.4 Å². The number of amides is 2. The van der Waals surface area contributed by atoms with Crippen LogP contribution in [0.5, 0.6) is 5.75 Å². The molecule has 0 bridgehead atoms. The molecular formula is C46H47Cl2N5O4. The Labute approximate surface area is 344 Å². The molecule has 57 heavy (non-hydrogen) atoms. The van der Waals surface area contributed by atoms with Gasteiger partial charge in [0.1, 0.15) is 5.75 Å². The van der Waals surface area contributed by atoms with Gasteiger partial charge in [0.05, 0.1) is 12.2 Å². The lowest BCUT2D eigenvalue weighted by molar-refractivity contribution is 0.0577. The zero-order valence-corrected chi connectivity index (χ0v) is 33.6. The molecule has 0 spiro atoms. The van der Waals surface area contributed by atoms with E-state index in [0.717, 1.165) is 98.4 Å². The van der Waals surface area contributed by atoms with Crippen molar-refractivity contribution in [1.29, 1.82) is 0 Å². The second kappa shape index (κ2) is 16.4. The van der Waals surface area contributed by atoms with Gasteiger partial charge in [0.25, 0.3) is 11.8 Å². The number of halogens is 2. The van der Waals surface area contributed by atoms with Crippen LogP contribution in [-0.4, -0.2) is 74.7 Å². The number of rotatable bonds is 7. The van der Waals surface area contributed by atoms with Crippen molar-refractivity contribution >= 4 is 58.1 Å². The van der Waals surface area contributed by atoms with Crippen molar-refractivity contribution in [3.8, 4) is 17.0 Å². The summed E-state index contributed by atoms with van der Waals surface area (Å²) < 4.78 is 10.1. The van der Waals surface area contributed by atoms with E-state index >= 15 is 9.59 Å². The average Bonchev–Trinajstić information content (AvgIpc) is 3.68. The Kier molecular flexibility index (Phi) is 11.2. The van der Waals surface area contributed by atoms with Crippen LogP contribution in [0, 0.1) is 0 Å². The number of phenols is 1. The number of aryl methyl sites for hydroxylation is 1. The molecule has 9 nitrogen and oxygen atoms in total. The van der Waals surface area contributed by atoms with E-state index in [0.29, 0.717) is 35.0 Å². The van der Waals surface area contributed by atoms with E-state index in [-0.39, 0.29) is 36.0 Å². The van der Waals surface area contributed by atoms with E-state index in [2.05, 4.69) is 37.1 Å². The molecule has 1 N–H and O–H groups in total. The van der Waals surface area contributed by atoms with Gasteiger partial charge in [0, 0.05) is 108 Å². The van der Waals surface area contributed by atoms with E-state index in [9.17, 15) is 5.11 Å². The van der Waals surface area contributed by atoms with E-state index < -0.39 is 0 Å². The van der Waals surface area contributed by atoms with Crippen molar-refractivity contribution in [2.45, 2.75) is 51.2 Å². The van der Waals surface area contributed by atoms with Crippen molar-refractivity contribution in [1.82, 2.24) is 18.9 Å².